The minimum Gasteiger partial charge on any atom is -0.483 e. The number of ether oxygens (including phenoxy) is 1. The number of benzene rings is 2. The van der Waals surface area contributed by atoms with Gasteiger partial charge in [-0.3, -0.25) is 9.59 Å². The van der Waals surface area contributed by atoms with Crippen LogP contribution in [0, 0.1) is 3.57 Å². The van der Waals surface area contributed by atoms with Crippen LogP contribution in [0.2, 0.25) is 0 Å². The average Bonchev–Trinajstić information content (AvgIpc) is 2.87. The van der Waals surface area contributed by atoms with Crippen LogP contribution in [0.25, 0.3) is 0 Å². The van der Waals surface area contributed by atoms with E-state index in [0.717, 1.165) is 20.4 Å². The van der Waals surface area contributed by atoms with Gasteiger partial charge in [-0.05, 0) is 53.3 Å². The highest BCUT2D eigenvalue weighted by Crippen LogP contribution is 2.30. The van der Waals surface area contributed by atoms with Crippen LogP contribution in [-0.4, -0.2) is 18.3 Å². The van der Waals surface area contributed by atoms with Gasteiger partial charge in [-0.1, -0.05) is 18.2 Å². The topological polar surface area (TPSA) is 55.4 Å². The predicted molar refractivity (Wildman–Crippen MR) is 92.4 cm³/mol. The molecule has 2 aromatic rings. The zero-order valence-electron chi connectivity index (χ0n) is 11.8. The molecule has 5 heteroatoms. The standard InChI is InChI=1S/C17H14INO3/c18-11-3-1-4-12(9-11)19-17(21)10-22-16-6-2-5-13-14(16)7-8-15(13)20/h1-6,9H,7-8,10H2,(H,19,21). The Balaban J connectivity index is 1.64. The first-order chi connectivity index (χ1) is 10.6. The molecule has 0 bridgehead atoms. The van der Waals surface area contributed by atoms with Gasteiger partial charge in [-0.25, -0.2) is 0 Å². The Hall–Kier alpha value is -1.89. The third-order valence-electron chi connectivity index (χ3n) is 3.50. The van der Waals surface area contributed by atoms with Crippen molar-refractivity contribution in [1.29, 1.82) is 0 Å². The van der Waals surface area contributed by atoms with Crippen LogP contribution in [0.5, 0.6) is 5.75 Å². The van der Waals surface area contributed by atoms with Crippen LogP contribution in [0.3, 0.4) is 0 Å². The van der Waals surface area contributed by atoms with Crippen molar-refractivity contribution in [2.24, 2.45) is 0 Å². The second kappa shape index (κ2) is 6.48. The Bertz CT molecular complexity index is 742. The van der Waals surface area contributed by atoms with Gasteiger partial charge < -0.3 is 10.1 Å². The van der Waals surface area contributed by atoms with Crippen LogP contribution in [0.15, 0.2) is 42.5 Å². The number of fused-ring (bicyclic) bond motifs is 1. The Kier molecular flexibility index (Phi) is 4.42. The summed E-state index contributed by atoms with van der Waals surface area (Å²) in [7, 11) is 0. The molecule has 1 N–H and O–H groups in total. The second-order valence-electron chi connectivity index (χ2n) is 5.05. The summed E-state index contributed by atoms with van der Waals surface area (Å²) in [4.78, 5) is 23.6. The SMILES string of the molecule is O=C(COc1cccc2c1CCC2=O)Nc1cccc(I)c1. The molecule has 22 heavy (non-hydrogen) atoms. The molecule has 2 aromatic carbocycles. The fourth-order valence-electron chi connectivity index (χ4n) is 2.50. The lowest BCUT2D eigenvalue weighted by molar-refractivity contribution is -0.118. The lowest BCUT2D eigenvalue weighted by atomic mass is 10.1. The van der Waals surface area contributed by atoms with E-state index in [9.17, 15) is 9.59 Å². The molecule has 1 amide bonds. The van der Waals surface area contributed by atoms with Gasteiger partial charge in [0.15, 0.2) is 12.4 Å². The normalized spacial score (nSPS) is 12.9. The second-order valence-corrected chi connectivity index (χ2v) is 6.30. The van der Waals surface area contributed by atoms with E-state index in [-0.39, 0.29) is 18.3 Å². The maximum atomic E-state index is 12.0. The predicted octanol–water partition coefficient (Wildman–Crippen LogP) is 3.44. The van der Waals surface area contributed by atoms with Crippen molar-refractivity contribution >= 4 is 40.0 Å². The fourth-order valence-corrected chi connectivity index (χ4v) is 3.04. The molecule has 0 spiro atoms. The summed E-state index contributed by atoms with van der Waals surface area (Å²) in [6, 6.07) is 13.0. The Labute approximate surface area is 142 Å². The number of anilines is 1. The highest BCUT2D eigenvalue weighted by Gasteiger charge is 2.22. The monoisotopic (exact) mass is 407 g/mol. The van der Waals surface area contributed by atoms with E-state index in [4.69, 9.17) is 4.74 Å². The zero-order chi connectivity index (χ0) is 15.5. The van der Waals surface area contributed by atoms with E-state index in [2.05, 4.69) is 27.9 Å². The summed E-state index contributed by atoms with van der Waals surface area (Å²) < 4.78 is 6.65. The highest BCUT2D eigenvalue weighted by molar-refractivity contribution is 14.1. The minimum absolute atomic E-state index is 0.0733. The number of nitrogens with one attached hydrogen (secondary N) is 1. The van der Waals surface area contributed by atoms with Crippen molar-refractivity contribution < 1.29 is 14.3 Å². The van der Waals surface area contributed by atoms with Gasteiger partial charge in [0.1, 0.15) is 5.75 Å². The zero-order valence-corrected chi connectivity index (χ0v) is 13.9. The van der Waals surface area contributed by atoms with Crippen molar-refractivity contribution in [2.45, 2.75) is 12.8 Å². The van der Waals surface area contributed by atoms with Gasteiger partial charge in [0.2, 0.25) is 0 Å². The van der Waals surface area contributed by atoms with E-state index in [0.29, 0.717) is 18.6 Å². The molecule has 4 nitrogen and oxygen atoms in total. The smallest absolute Gasteiger partial charge is 0.262 e. The van der Waals surface area contributed by atoms with Gasteiger partial charge in [0.25, 0.3) is 5.91 Å². The minimum atomic E-state index is -0.219. The first kappa shape index (κ1) is 15.0. The lowest BCUT2D eigenvalue weighted by Gasteiger charge is -2.10. The van der Waals surface area contributed by atoms with Crippen LogP contribution in [0.4, 0.5) is 5.69 Å². The van der Waals surface area contributed by atoms with Crippen molar-refractivity contribution in [2.75, 3.05) is 11.9 Å². The third-order valence-corrected chi connectivity index (χ3v) is 4.17. The number of carbonyl (C=O) groups excluding carboxylic acids is 2. The number of rotatable bonds is 4. The third kappa shape index (κ3) is 3.30. The number of ketones is 1. The fraction of sp³-hybridized carbons (Fsp3) is 0.176. The summed E-state index contributed by atoms with van der Waals surface area (Å²) in [5.41, 5.74) is 2.37. The molecule has 1 aliphatic rings. The molecule has 0 saturated heterocycles. The van der Waals surface area contributed by atoms with Crippen molar-refractivity contribution in [3.05, 3.63) is 57.2 Å². The van der Waals surface area contributed by atoms with E-state index in [1.54, 1.807) is 12.1 Å². The number of hydrogen-bond donors (Lipinski definition) is 1. The van der Waals surface area contributed by atoms with Crippen LogP contribution in [0.1, 0.15) is 22.3 Å². The van der Waals surface area contributed by atoms with Crippen molar-refractivity contribution in [3.63, 3.8) is 0 Å². The molecule has 0 heterocycles. The first-order valence-electron chi connectivity index (χ1n) is 6.97. The van der Waals surface area contributed by atoms with Crippen LogP contribution in [-0.2, 0) is 11.2 Å². The van der Waals surface area contributed by atoms with Gasteiger partial charge in [0, 0.05) is 26.8 Å². The van der Waals surface area contributed by atoms with Crippen molar-refractivity contribution in [3.8, 4) is 5.75 Å². The lowest BCUT2D eigenvalue weighted by Crippen LogP contribution is -2.20. The number of halogens is 1. The molecular weight excluding hydrogens is 393 g/mol. The maximum absolute atomic E-state index is 12.0. The summed E-state index contributed by atoms with van der Waals surface area (Å²) in [5, 5.41) is 2.79. The molecule has 0 aliphatic heterocycles. The number of Topliss-reactive ketones (excluding diaryl/α,β-unsaturated/α-hetero) is 1. The first-order valence-corrected chi connectivity index (χ1v) is 8.04. The van der Waals surface area contributed by atoms with E-state index in [1.807, 2.05) is 30.3 Å². The molecule has 0 unspecified atom stereocenters. The van der Waals surface area contributed by atoms with E-state index in [1.165, 1.54) is 0 Å². The van der Waals surface area contributed by atoms with Crippen LogP contribution >= 0.6 is 22.6 Å². The number of amides is 1. The van der Waals surface area contributed by atoms with E-state index < -0.39 is 0 Å². The van der Waals surface area contributed by atoms with Gasteiger partial charge in [-0.2, -0.15) is 0 Å². The molecule has 1 aliphatic carbocycles. The summed E-state index contributed by atoms with van der Waals surface area (Å²) in [6.45, 7) is -0.0733. The molecule has 0 fully saturated rings. The molecule has 0 saturated carbocycles. The number of carbonyl (C=O) groups is 2. The maximum Gasteiger partial charge on any atom is 0.262 e. The Morgan fingerprint density at radius 2 is 2.00 bits per heavy atom. The summed E-state index contributed by atoms with van der Waals surface area (Å²) in [6.07, 6.45) is 1.20. The Morgan fingerprint density at radius 3 is 2.82 bits per heavy atom. The summed E-state index contributed by atoms with van der Waals surface area (Å²) >= 11 is 2.19. The molecule has 3 rings (SSSR count). The van der Waals surface area contributed by atoms with Crippen LogP contribution < -0.4 is 10.1 Å². The molecule has 112 valence electrons. The largest absolute Gasteiger partial charge is 0.483 e. The molecular formula is C17H14INO3. The Morgan fingerprint density at radius 1 is 1.18 bits per heavy atom. The van der Waals surface area contributed by atoms with Crippen molar-refractivity contribution in [1.82, 2.24) is 0 Å². The van der Waals surface area contributed by atoms with Gasteiger partial charge >= 0.3 is 0 Å². The van der Waals surface area contributed by atoms with Gasteiger partial charge in [-0.15, -0.1) is 0 Å². The van der Waals surface area contributed by atoms with E-state index >= 15 is 0 Å². The molecule has 0 radical (unpaired) electrons. The molecule has 0 aromatic heterocycles. The van der Waals surface area contributed by atoms with Gasteiger partial charge in [0.05, 0.1) is 0 Å². The molecule has 0 atom stereocenters. The quantitative estimate of drug-likeness (QED) is 0.791. The number of hydrogen-bond acceptors (Lipinski definition) is 3. The summed E-state index contributed by atoms with van der Waals surface area (Å²) in [5.74, 6) is 0.550. The highest BCUT2D eigenvalue weighted by atomic mass is 127. The average molecular weight is 407 g/mol.